The van der Waals surface area contributed by atoms with Gasteiger partial charge in [0, 0.05) is 23.1 Å². The highest BCUT2D eigenvalue weighted by Gasteiger charge is 2.12. The van der Waals surface area contributed by atoms with Crippen LogP contribution >= 0.6 is 0 Å². The Morgan fingerprint density at radius 3 is 2.89 bits per heavy atom. The Morgan fingerprint density at radius 1 is 1.44 bits per heavy atom. The molecule has 0 aliphatic carbocycles. The molecule has 0 fully saturated rings. The lowest BCUT2D eigenvalue weighted by atomic mass is 10.1. The van der Waals surface area contributed by atoms with Crippen LogP contribution < -0.4 is 10.1 Å². The molecular formula is C14H18N2O2. The fraction of sp³-hybridized carbons (Fsp3) is 0.357. The minimum absolute atomic E-state index is 0.0457. The van der Waals surface area contributed by atoms with Crippen LogP contribution in [0.3, 0.4) is 0 Å². The van der Waals surface area contributed by atoms with Crippen molar-refractivity contribution < 1.29 is 9.53 Å². The zero-order valence-corrected chi connectivity index (χ0v) is 11.0. The summed E-state index contributed by atoms with van der Waals surface area (Å²) in [6.07, 6.45) is 0.396. The molecule has 0 saturated carbocycles. The van der Waals surface area contributed by atoms with E-state index in [1.807, 2.05) is 32.0 Å². The molecule has 0 bridgehead atoms. The number of methoxy groups -OCH3 is 1. The summed E-state index contributed by atoms with van der Waals surface area (Å²) in [5.41, 5.74) is 3.10. The van der Waals surface area contributed by atoms with Crippen LogP contribution in [0.1, 0.15) is 18.2 Å². The number of fused-ring (bicyclic) bond motifs is 1. The van der Waals surface area contributed by atoms with Gasteiger partial charge in [-0.1, -0.05) is 0 Å². The number of carbonyl (C=O) groups is 1. The van der Waals surface area contributed by atoms with E-state index < -0.39 is 0 Å². The molecule has 4 nitrogen and oxygen atoms in total. The summed E-state index contributed by atoms with van der Waals surface area (Å²) in [5, 5.41) is 3.87. The fourth-order valence-electron chi connectivity index (χ4n) is 2.14. The first-order valence-electron chi connectivity index (χ1n) is 6.07. The first-order valence-corrected chi connectivity index (χ1v) is 6.07. The molecule has 0 radical (unpaired) electrons. The van der Waals surface area contributed by atoms with Gasteiger partial charge in [0.2, 0.25) is 5.91 Å². The highest BCUT2D eigenvalue weighted by Crippen LogP contribution is 2.26. The van der Waals surface area contributed by atoms with E-state index in [1.165, 1.54) is 0 Å². The molecule has 0 aliphatic rings. The lowest BCUT2D eigenvalue weighted by Gasteiger charge is -2.04. The summed E-state index contributed by atoms with van der Waals surface area (Å²) >= 11 is 0. The number of ether oxygens (including phenoxy) is 1. The van der Waals surface area contributed by atoms with Crippen molar-refractivity contribution in [3.63, 3.8) is 0 Å². The third-order valence-electron chi connectivity index (χ3n) is 3.04. The Bertz CT molecular complexity index is 572. The summed E-state index contributed by atoms with van der Waals surface area (Å²) < 4.78 is 5.22. The predicted octanol–water partition coefficient (Wildman–Crippen LogP) is 2.16. The molecule has 1 aromatic heterocycles. The van der Waals surface area contributed by atoms with Gasteiger partial charge in [-0.15, -0.1) is 0 Å². The molecule has 2 aromatic rings. The number of nitrogens with one attached hydrogen (secondary N) is 2. The molecule has 0 saturated heterocycles. The zero-order chi connectivity index (χ0) is 13.1. The van der Waals surface area contributed by atoms with Crippen molar-refractivity contribution in [1.82, 2.24) is 10.3 Å². The number of amides is 1. The third kappa shape index (κ3) is 2.32. The van der Waals surface area contributed by atoms with Gasteiger partial charge >= 0.3 is 0 Å². The Hall–Kier alpha value is -1.97. The summed E-state index contributed by atoms with van der Waals surface area (Å²) in [4.78, 5) is 15.0. The number of carbonyl (C=O) groups excluding carboxylic acids is 1. The van der Waals surface area contributed by atoms with Crippen molar-refractivity contribution in [2.24, 2.45) is 0 Å². The highest BCUT2D eigenvalue weighted by atomic mass is 16.5. The number of likely N-dealkylation sites (N-methyl/N-ethyl adjacent to an activating group) is 1. The average Bonchev–Trinajstić information content (AvgIpc) is 2.65. The van der Waals surface area contributed by atoms with E-state index in [1.54, 1.807) is 7.11 Å². The maximum atomic E-state index is 11.7. The number of aryl methyl sites for hydroxylation is 1. The number of rotatable bonds is 4. The molecular weight excluding hydrogens is 228 g/mol. The molecule has 1 amide bonds. The lowest BCUT2D eigenvalue weighted by molar-refractivity contribution is -0.120. The van der Waals surface area contributed by atoms with Crippen LogP contribution in [-0.2, 0) is 11.2 Å². The molecule has 0 atom stereocenters. The van der Waals surface area contributed by atoms with Crippen LogP contribution in [0.2, 0.25) is 0 Å². The van der Waals surface area contributed by atoms with Gasteiger partial charge in [-0.3, -0.25) is 4.79 Å². The SMILES string of the molecule is CCNC(=O)Cc1c(C)[nH]c2ccc(OC)cc12. The number of aromatic nitrogens is 1. The van der Waals surface area contributed by atoms with Crippen LogP contribution in [-0.4, -0.2) is 24.5 Å². The zero-order valence-electron chi connectivity index (χ0n) is 11.0. The standard InChI is InChI=1S/C14H18N2O2/c1-4-15-14(17)8-11-9(2)16-13-6-5-10(18-3)7-12(11)13/h5-7,16H,4,8H2,1-3H3,(H,15,17). The fourth-order valence-corrected chi connectivity index (χ4v) is 2.14. The summed E-state index contributed by atoms with van der Waals surface area (Å²) in [6.45, 7) is 4.56. The van der Waals surface area contributed by atoms with Crippen LogP contribution in [0.15, 0.2) is 18.2 Å². The molecule has 2 rings (SSSR count). The first-order chi connectivity index (χ1) is 8.65. The van der Waals surface area contributed by atoms with Crippen LogP contribution in [0.4, 0.5) is 0 Å². The number of hydrogen-bond acceptors (Lipinski definition) is 2. The van der Waals surface area contributed by atoms with E-state index in [9.17, 15) is 4.79 Å². The minimum Gasteiger partial charge on any atom is -0.497 e. The van der Waals surface area contributed by atoms with Gasteiger partial charge < -0.3 is 15.0 Å². The molecule has 18 heavy (non-hydrogen) atoms. The Kier molecular flexibility index (Phi) is 3.55. The molecule has 2 N–H and O–H groups in total. The predicted molar refractivity (Wildman–Crippen MR) is 72.0 cm³/mol. The normalized spacial score (nSPS) is 10.6. The monoisotopic (exact) mass is 246 g/mol. The molecule has 1 heterocycles. The van der Waals surface area contributed by atoms with E-state index in [0.29, 0.717) is 13.0 Å². The van der Waals surface area contributed by atoms with Gasteiger partial charge in [-0.25, -0.2) is 0 Å². The van der Waals surface area contributed by atoms with Crippen molar-refractivity contribution in [3.8, 4) is 5.75 Å². The molecule has 4 heteroatoms. The number of hydrogen-bond donors (Lipinski definition) is 2. The van der Waals surface area contributed by atoms with E-state index >= 15 is 0 Å². The number of H-pyrrole nitrogens is 1. The van der Waals surface area contributed by atoms with Gasteiger partial charge in [-0.2, -0.15) is 0 Å². The molecule has 0 unspecified atom stereocenters. The van der Waals surface area contributed by atoms with E-state index in [-0.39, 0.29) is 5.91 Å². The quantitative estimate of drug-likeness (QED) is 0.868. The second-order valence-electron chi connectivity index (χ2n) is 4.27. The van der Waals surface area contributed by atoms with Crippen molar-refractivity contribution in [2.45, 2.75) is 20.3 Å². The maximum Gasteiger partial charge on any atom is 0.224 e. The van der Waals surface area contributed by atoms with E-state index in [2.05, 4.69) is 10.3 Å². The largest absolute Gasteiger partial charge is 0.497 e. The Morgan fingerprint density at radius 2 is 2.22 bits per heavy atom. The lowest BCUT2D eigenvalue weighted by Crippen LogP contribution is -2.24. The van der Waals surface area contributed by atoms with E-state index in [4.69, 9.17) is 4.74 Å². The van der Waals surface area contributed by atoms with Crippen molar-refractivity contribution in [2.75, 3.05) is 13.7 Å². The number of benzene rings is 1. The second-order valence-corrected chi connectivity index (χ2v) is 4.27. The van der Waals surface area contributed by atoms with Crippen molar-refractivity contribution >= 4 is 16.8 Å². The number of aromatic amines is 1. The van der Waals surface area contributed by atoms with E-state index in [0.717, 1.165) is 27.9 Å². The maximum absolute atomic E-state index is 11.7. The van der Waals surface area contributed by atoms with Crippen molar-refractivity contribution in [1.29, 1.82) is 0 Å². The van der Waals surface area contributed by atoms with Crippen LogP contribution in [0.25, 0.3) is 10.9 Å². The first kappa shape index (κ1) is 12.5. The highest BCUT2D eigenvalue weighted by molar-refractivity contribution is 5.90. The van der Waals surface area contributed by atoms with Gasteiger partial charge in [0.25, 0.3) is 0 Å². The Balaban J connectivity index is 2.41. The van der Waals surface area contributed by atoms with Gasteiger partial charge in [0.05, 0.1) is 13.5 Å². The molecule has 96 valence electrons. The molecule has 0 spiro atoms. The van der Waals surface area contributed by atoms with Gasteiger partial charge in [0.1, 0.15) is 5.75 Å². The summed E-state index contributed by atoms with van der Waals surface area (Å²) in [5.74, 6) is 0.850. The van der Waals surface area contributed by atoms with Gasteiger partial charge in [-0.05, 0) is 37.6 Å². The minimum atomic E-state index is 0.0457. The topological polar surface area (TPSA) is 54.1 Å². The average molecular weight is 246 g/mol. The smallest absolute Gasteiger partial charge is 0.224 e. The Labute approximate surface area is 106 Å². The third-order valence-corrected chi connectivity index (χ3v) is 3.04. The summed E-state index contributed by atoms with van der Waals surface area (Å²) in [6, 6.07) is 5.85. The van der Waals surface area contributed by atoms with Crippen LogP contribution in [0.5, 0.6) is 5.75 Å². The molecule has 0 aliphatic heterocycles. The summed E-state index contributed by atoms with van der Waals surface area (Å²) in [7, 11) is 1.64. The molecule has 1 aromatic carbocycles. The second kappa shape index (κ2) is 5.12. The van der Waals surface area contributed by atoms with Crippen LogP contribution in [0, 0.1) is 6.92 Å². The van der Waals surface area contributed by atoms with Gasteiger partial charge in [0.15, 0.2) is 0 Å². The van der Waals surface area contributed by atoms with Crippen molar-refractivity contribution in [3.05, 3.63) is 29.5 Å².